The van der Waals surface area contributed by atoms with Crippen LogP contribution >= 0.6 is 0 Å². The Balaban J connectivity index is 2.12. The Morgan fingerprint density at radius 1 is 1.38 bits per heavy atom. The van der Waals surface area contributed by atoms with Crippen LogP contribution in [0.15, 0.2) is 16.5 Å². The first-order valence-corrected chi connectivity index (χ1v) is 7.86. The van der Waals surface area contributed by atoms with Gasteiger partial charge in [-0.2, -0.15) is 13.2 Å². The fourth-order valence-corrected chi connectivity index (χ4v) is 2.95. The number of aliphatic hydroxyl groups excluding tert-OH is 1. The summed E-state index contributed by atoms with van der Waals surface area (Å²) in [4.78, 5) is 13.6. The van der Waals surface area contributed by atoms with Crippen molar-refractivity contribution in [3.63, 3.8) is 0 Å². The van der Waals surface area contributed by atoms with E-state index in [1.54, 1.807) is 6.92 Å². The number of amides is 1. The van der Waals surface area contributed by atoms with E-state index >= 15 is 0 Å². The third kappa shape index (κ3) is 3.75. The van der Waals surface area contributed by atoms with Gasteiger partial charge < -0.3 is 19.5 Å². The number of piperidine rings is 1. The molecule has 0 bridgehead atoms. The molecule has 2 unspecified atom stereocenters. The van der Waals surface area contributed by atoms with Gasteiger partial charge in [0, 0.05) is 13.1 Å². The quantitative estimate of drug-likeness (QED) is 0.875. The molecule has 2 N–H and O–H groups in total. The van der Waals surface area contributed by atoms with Crippen LogP contribution in [0.4, 0.5) is 13.2 Å². The van der Waals surface area contributed by atoms with Crippen molar-refractivity contribution >= 4 is 5.91 Å². The number of hydrogen-bond donors (Lipinski definition) is 2. The monoisotopic (exact) mass is 349 g/mol. The Kier molecular flexibility index (Phi) is 5.29. The maximum Gasteiger partial charge on any atom is 0.425 e. The summed E-state index contributed by atoms with van der Waals surface area (Å²) in [6.07, 6.45) is -5.63. The van der Waals surface area contributed by atoms with Gasteiger partial charge in [-0.3, -0.25) is 4.79 Å². The number of furan rings is 1. The maximum atomic E-state index is 13.4. The zero-order chi connectivity index (χ0) is 18.1. The molecule has 1 aliphatic rings. The summed E-state index contributed by atoms with van der Waals surface area (Å²) in [6, 6.07) is 2.35. The van der Waals surface area contributed by atoms with E-state index in [9.17, 15) is 28.2 Å². The van der Waals surface area contributed by atoms with E-state index in [-0.39, 0.29) is 24.8 Å². The molecule has 1 fully saturated rings. The molecule has 2 heterocycles. The molecule has 1 aromatic heterocycles. The number of rotatable bonds is 4. The van der Waals surface area contributed by atoms with Gasteiger partial charge in [0.05, 0.1) is 12.5 Å². The molecule has 5 nitrogen and oxygen atoms in total. The van der Waals surface area contributed by atoms with E-state index in [4.69, 9.17) is 4.42 Å². The van der Waals surface area contributed by atoms with Crippen LogP contribution in [0, 0.1) is 12.8 Å². The van der Waals surface area contributed by atoms with Gasteiger partial charge in [0.1, 0.15) is 11.5 Å². The van der Waals surface area contributed by atoms with E-state index in [0.717, 1.165) is 6.07 Å². The van der Waals surface area contributed by atoms with Gasteiger partial charge in [-0.15, -0.1) is 0 Å². The van der Waals surface area contributed by atoms with Crippen LogP contribution in [0.1, 0.15) is 37.7 Å². The Labute approximate surface area is 138 Å². The first-order valence-electron chi connectivity index (χ1n) is 7.86. The molecule has 2 rings (SSSR count). The summed E-state index contributed by atoms with van der Waals surface area (Å²) in [5.41, 5.74) is -3.35. The van der Waals surface area contributed by atoms with E-state index in [1.807, 2.05) is 0 Å². The Morgan fingerprint density at radius 2 is 1.96 bits per heavy atom. The standard InChI is InChI=1S/C16H22F3NO4/c1-10-3-4-13(24-10)15(23,16(17,18)19)9-14(22)20-7-5-12(6-8-20)11(2)21/h3-4,11-12,21,23H,5-9H2,1-2H3. The summed E-state index contributed by atoms with van der Waals surface area (Å²) in [5, 5.41) is 19.7. The lowest BCUT2D eigenvalue weighted by molar-refractivity contribution is -0.274. The number of aliphatic hydroxyl groups is 2. The van der Waals surface area contributed by atoms with Crippen LogP contribution in [0.2, 0.25) is 0 Å². The molecule has 1 saturated heterocycles. The van der Waals surface area contributed by atoms with Gasteiger partial charge in [-0.1, -0.05) is 0 Å². The van der Waals surface area contributed by atoms with Gasteiger partial charge >= 0.3 is 6.18 Å². The summed E-state index contributed by atoms with van der Waals surface area (Å²) >= 11 is 0. The minimum Gasteiger partial charge on any atom is -0.463 e. The molecule has 0 radical (unpaired) electrons. The van der Waals surface area contributed by atoms with E-state index in [2.05, 4.69) is 0 Å². The molecule has 0 spiro atoms. The average molecular weight is 349 g/mol. The highest BCUT2D eigenvalue weighted by molar-refractivity contribution is 5.77. The van der Waals surface area contributed by atoms with Crippen LogP contribution in [0.5, 0.6) is 0 Å². The van der Waals surface area contributed by atoms with Crippen molar-refractivity contribution in [1.29, 1.82) is 0 Å². The fraction of sp³-hybridized carbons (Fsp3) is 0.688. The third-order valence-corrected chi connectivity index (χ3v) is 4.60. The minimum absolute atomic E-state index is 0.0308. The number of likely N-dealkylation sites (tertiary alicyclic amines) is 1. The summed E-state index contributed by atoms with van der Waals surface area (Å²) < 4.78 is 45.1. The third-order valence-electron chi connectivity index (χ3n) is 4.60. The van der Waals surface area contributed by atoms with Crippen molar-refractivity contribution in [3.8, 4) is 0 Å². The molecule has 1 amide bonds. The molecule has 0 aromatic carbocycles. The summed E-state index contributed by atoms with van der Waals surface area (Å²) in [7, 11) is 0. The SMILES string of the molecule is Cc1ccc(C(O)(CC(=O)N2CCC(C(C)O)CC2)C(F)(F)F)o1. The molecular weight excluding hydrogens is 327 g/mol. The Hall–Kier alpha value is -1.54. The zero-order valence-corrected chi connectivity index (χ0v) is 13.6. The number of aryl methyl sites for hydroxylation is 1. The van der Waals surface area contributed by atoms with Crippen molar-refractivity contribution in [2.75, 3.05) is 13.1 Å². The Morgan fingerprint density at radius 3 is 2.38 bits per heavy atom. The molecule has 136 valence electrons. The predicted octanol–water partition coefficient (Wildman–Crippen LogP) is 2.35. The van der Waals surface area contributed by atoms with Crippen molar-refractivity contribution < 1.29 is 32.6 Å². The van der Waals surface area contributed by atoms with Gasteiger partial charge in [-0.05, 0) is 44.7 Å². The number of nitrogens with zero attached hydrogens (tertiary/aromatic N) is 1. The van der Waals surface area contributed by atoms with E-state index in [0.29, 0.717) is 12.8 Å². The zero-order valence-electron chi connectivity index (χ0n) is 13.6. The minimum atomic E-state index is -5.04. The van der Waals surface area contributed by atoms with Crippen LogP contribution in [0.25, 0.3) is 0 Å². The highest BCUT2D eigenvalue weighted by Crippen LogP contribution is 2.42. The second-order valence-electron chi connectivity index (χ2n) is 6.40. The van der Waals surface area contributed by atoms with Crippen LogP contribution in [-0.2, 0) is 10.4 Å². The summed E-state index contributed by atoms with van der Waals surface area (Å²) in [5.74, 6) is -1.21. The summed E-state index contributed by atoms with van der Waals surface area (Å²) in [6.45, 7) is 3.64. The highest BCUT2D eigenvalue weighted by Gasteiger charge is 2.58. The lowest BCUT2D eigenvalue weighted by Gasteiger charge is -2.35. The average Bonchev–Trinajstić information content (AvgIpc) is 2.93. The topological polar surface area (TPSA) is 73.9 Å². The van der Waals surface area contributed by atoms with Crippen LogP contribution in [-0.4, -0.2) is 46.4 Å². The molecule has 24 heavy (non-hydrogen) atoms. The lowest BCUT2D eigenvalue weighted by Crippen LogP contribution is -2.48. The van der Waals surface area contributed by atoms with Gasteiger partial charge in [-0.25, -0.2) is 0 Å². The van der Waals surface area contributed by atoms with E-state index < -0.39 is 36.0 Å². The van der Waals surface area contributed by atoms with Crippen LogP contribution in [0.3, 0.4) is 0 Å². The molecular formula is C16H22F3NO4. The number of hydrogen-bond acceptors (Lipinski definition) is 4. The molecule has 8 heteroatoms. The second kappa shape index (κ2) is 6.76. The first kappa shape index (κ1) is 18.8. The van der Waals surface area contributed by atoms with Crippen molar-refractivity contribution in [3.05, 3.63) is 23.7 Å². The number of halogens is 3. The van der Waals surface area contributed by atoms with Crippen LogP contribution < -0.4 is 0 Å². The first-order chi connectivity index (χ1) is 11.0. The van der Waals surface area contributed by atoms with Crippen molar-refractivity contribution in [2.24, 2.45) is 5.92 Å². The molecule has 1 aromatic rings. The molecule has 0 aliphatic carbocycles. The normalized spacial score (nSPS) is 20.7. The molecule has 0 saturated carbocycles. The van der Waals surface area contributed by atoms with Crippen molar-refractivity contribution in [2.45, 2.75) is 51.0 Å². The largest absolute Gasteiger partial charge is 0.463 e. The van der Waals surface area contributed by atoms with Gasteiger partial charge in [0.2, 0.25) is 11.5 Å². The number of alkyl halides is 3. The highest BCUT2D eigenvalue weighted by atomic mass is 19.4. The van der Waals surface area contributed by atoms with Gasteiger partial charge in [0.15, 0.2) is 0 Å². The van der Waals surface area contributed by atoms with Gasteiger partial charge in [0.25, 0.3) is 0 Å². The maximum absolute atomic E-state index is 13.4. The fourth-order valence-electron chi connectivity index (χ4n) is 2.95. The number of carbonyl (C=O) groups is 1. The predicted molar refractivity (Wildman–Crippen MR) is 79.0 cm³/mol. The molecule has 1 aliphatic heterocycles. The van der Waals surface area contributed by atoms with Crippen molar-refractivity contribution in [1.82, 2.24) is 4.90 Å². The lowest BCUT2D eigenvalue weighted by atomic mass is 9.90. The second-order valence-corrected chi connectivity index (χ2v) is 6.40. The smallest absolute Gasteiger partial charge is 0.425 e. The Bertz CT molecular complexity index is 576. The number of carbonyl (C=O) groups excluding carboxylic acids is 1. The molecule has 2 atom stereocenters. The van der Waals surface area contributed by atoms with E-state index in [1.165, 1.54) is 17.9 Å².